The molecule has 142 valence electrons. The molecule has 0 radical (unpaired) electrons. The Hall–Kier alpha value is -1.84. The highest BCUT2D eigenvalue weighted by atomic mass is 19.1. The molecule has 2 bridgehead atoms. The molecule has 3 fully saturated rings. The zero-order valence-electron chi connectivity index (χ0n) is 16.1. The number of fused-ring (bicyclic) bond motifs is 2. The second-order valence-corrected chi connectivity index (χ2v) is 8.38. The van der Waals surface area contributed by atoms with E-state index < -0.39 is 0 Å². The molecule has 1 aromatic carbocycles. The van der Waals surface area contributed by atoms with Crippen molar-refractivity contribution in [3.05, 3.63) is 41.7 Å². The van der Waals surface area contributed by atoms with Gasteiger partial charge in [0.05, 0.1) is 6.61 Å². The van der Waals surface area contributed by atoms with Crippen molar-refractivity contribution in [1.82, 2.24) is 5.32 Å². The van der Waals surface area contributed by atoms with Gasteiger partial charge in [0.15, 0.2) is 0 Å². The van der Waals surface area contributed by atoms with E-state index in [0.29, 0.717) is 35.1 Å². The lowest BCUT2D eigenvalue weighted by Crippen LogP contribution is -2.53. The molecule has 3 aliphatic carbocycles. The van der Waals surface area contributed by atoms with Crippen molar-refractivity contribution in [1.29, 1.82) is 0 Å². The average Bonchev–Trinajstić information content (AvgIpc) is 2.64. The first-order valence-electron chi connectivity index (χ1n) is 9.70. The van der Waals surface area contributed by atoms with Gasteiger partial charge in [0.25, 0.3) is 0 Å². The van der Waals surface area contributed by atoms with Gasteiger partial charge in [-0.2, -0.15) is 0 Å². The first-order chi connectivity index (χ1) is 12.3. The second kappa shape index (κ2) is 7.42. The van der Waals surface area contributed by atoms with E-state index in [4.69, 9.17) is 4.74 Å². The van der Waals surface area contributed by atoms with Gasteiger partial charge < -0.3 is 10.1 Å². The molecule has 26 heavy (non-hydrogen) atoms. The number of esters is 1. The Morgan fingerprint density at radius 3 is 2.77 bits per heavy atom. The number of aryl methyl sites for hydroxylation is 1. The van der Waals surface area contributed by atoms with Gasteiger partial charge in [-0.3, -0.25) is 4.79 Å². The maximum Gasteiger partial charge on any atom is 0.325 e. The van der Waals surface area contributed by atoms with Gasteiger partial charge in [-0.25, -0.2) is 4.39 Å². The van der Waals surface area contributed by atoms with Gasteiger partial charge >= 0.3 is 5.97 Å². The normalized spacial score (nSPS) is 25.9. The van der Waals surface area contributed by atoms with E-state index in [9.17, 15) is 9.18 Å². The fourth-order valence-electron chi connectivity index (χ4n) is 4.71. The van der Waals surface area contributed by atoms with Gasteiger partial charge in [0.2, 0.25) is 0 Å². The number of ether oxygens (including phenoxy) is 1. The molecule has 3 saturated carbocycles. The standard InChI is InChI=1S/C22H30FNO2/c1-5-15-6-9-18(20(23)10-15)14(2)24-12-21(25)26-13-16-7-8-17-11-19(16)22(17,3)4/h6,9-10,16-17,19,24H,2,5,7-8,11-13H2,1,3-4H3. The van der Waals surface area contributed by atoms with Crippen LogP contribution < -0.4 is 5.32 Å². The van der Waals surface area contributed by atoms with Crippen LogP contribution in [0.4, 0.5) is 4.39 Å². The lowest BCUT2D eigenvalue weighted by atomic mass is 9.46. The molecule has 3 nitrogen and oxygen atoms in total. The lowest BCUT2D eigenvalue weighted by Gasteiger charge is -2.60. The minimum atomic E-state index is -0.320. The molecular formula is C22H30FNO2. The van der Waals surface area contributed by atoms with Crippen molar-refractivity contribution in [2.45, 2.75) is 46.5 Å². The molecule has 4 heteroatoms. The molecule has 0 aromatic heterocycles. The molecule has 1 aromatic rings. The minimum absolute atomic E-state index is 0.0111. The number of carbonyl (C=O) groups is 1. The number of carbonyl (C=O) groups excluding carboxylic acids is 1. The van der Waals surface area contributed by atoms with Crippen molar-refractivity contribution in [2.75, 3.05) is 13.2 Å². The third-order valence-electron chi connectivity index (χ3n) is 6.67. The molecule has 0 aliphatic heterocycles. The Kier molecular flexibility index (Phi) is 5.40. The Morgan fingerprint density at radius 2 is 2.15 bits per heavy atom. The van der Waals surface area contributed by atoms with E-state index in [0.717, 1.165) is 24.3 Å². The fourth-order valence-corrected chi connectivity index (χ4v) is 4.71. The van der Waals surface area contributed by atoms with Crippen LogP contribution >= 0.6 is 0 Å². The van der Waals surface area contributed by atoms with Gasteiger partial charge in [-0.15, -0.1) is 0 Å². The Labute approximate surface area is 156 Å². The van der Waals surface area contributed by atoms with E-state index in [-0.39, 0.29) is 18.3 Å². The van der Waals surface area contributed by atoms with Crippen LogP contribution in [0.2, 0.25) is 0 Å². The zero-order chi connectivity index (χ0) is 18.9. The van der Waals surface area contributed by atoms with E-state index in [2.05, 4.69) is 25.7 Å². The SMILES string of the molecule is C=C(NCC(=O)OCC1CCC2CC1C2(C)C)c1ccc(CC)cc1F. The highest BCUT2D eigenvalue weighted by molar-refractivity contribution is 5.75. The summed E-state index contributed by atoms with van der Waals surface area (Å²) in [6.07, 6.45) is 4.45. The second-order valence-electron chi connectivity index (χ2n) is 8.38. The smallest absolute Gasteiger partial charge is 0.325 e. The lowest BCUT2D eigenvalue weighted by molar-refractivity contribution is -0.154. The van der Waals surface area contributed by atoms with Crippen molar-refractivity contribution in [3.8, 4) is 0 Å². The van der Waals surface area contributed by atoms with Crippen LogP contribution in [0.1, 0.15) is 51.2 Å². The van der Waals surface area contributed by atoms with Crippen LogP contribution in [0.25, 0.3) is 5.70 Å². The molecule has 0 amide bonds. The summed E-state index contributed by atoms with van der Waals surface area (Å²) < 4.78 is 19.6. The summed E-state index contributed by atoms with van der Waals surface area (Å²) in [5.74, 6) is 1.36. The highest BCUT2D eigenvalue weighted by Crippen LogP contribution is 2.61. The number of halogens is 1. The molecular weight excluding hydrogens is 329 g/mol. The number of nitrogens with one attached hydrogen (secondary N) is 1. The summed E-state index contributed by atoms with van der Waals surface area (Å²) in [5.41, 5.74) is 2.13. The quantitative estimate of drug-likeness (QED) is 0.725. The summed E-state index contributed by atoms with van der Waals surface area (Å²) >= 11 is 0. The minimum Gasteiger partial charge on any atom is -0.464 e. The largest absolute Gasteiger partial charge is 0.464 e. The number of hydrogen-bond donors (Lipinski definition) is 1. The van der Waals surface area contributed by atoms with Crippen LogP contribution in [-0.4, -0.2) is 19.1 Å². The number of rotatable bonds is 7. The monoisotopic (exact) mass is 359 g/mol. The number of hydrogen-bond acceptors (Lipinski definition) is 3. The topological polar surface area (TPSA) is 38.3 Å². The maximum absolute atomic E-state index is 14.1. The van der Waals surface area contributed by atoms with Crippen LogP contribution in [0.15, 0.2) is 24.8 Å². The Bertz CT molecular complexity index is 695. The van der Waals surface area contributed by atoms with Gasteiger partial charge in [-0.05, 0) is 66.5 Å². The van der Waals surface area contributed by atoms with Gasteiger partial charge in [0, 0.05) is 11.3 Å². The first kappa shape index (κ1) is 18.9. The molecule has 3 atom stereocenters. The molecule has 4 rings (SSSR count). The van der Waals surface area contributed by atoms with Crippen molar-refractivity contribution >= 4 is 11.7 Å². The summed E-state index contributed by atoms with van der Waals surface area (Å²) in [4.78, 5) is 12.1. The first-order valence-corrected chi connectivity index (χ1v) is 9.70. The molecule has 0 heterocycles. The number of benzene rings is 1. The third kappa shape index (κ3) is 3.65. The zero-order valence-corrected chi connectivity index (χ0v) is 16.1. The van der Waals surface area contributed by atoms with Gasteiger partial charge in [0.1, 0.15) is 12.4 Å². The molecule has 1 N–H and O–H groups in total. The van der Waals surface area contributed by atoms with Crippen molar-refractivity contribution in [2.24, 2.45) is 23.2 Å². The molecule has 3 unspecified atom stereocenters. The summed E-state index contributed by atoms with van der Waals surface area (Å²) in [5, 5.41) is 2.89. The third-order valence-corrected chi connectivity index (χ3v) is 6.67. The van der Waals surface area contributed by atoms with Crippen LogP contribution in [0.3, 0.4) is 0 Å². The Morgan fingerprint density at radius 1 is 1.38 bits per heavy atom. The molecule has 0 saturated heterocycles. The van der Waals surface area contributed by atoms with Gasteiger partial charge in [-0.1, -0.05) is 33.4 Å². The van der Waals surface area contributed by atoms with E-state index in [1.165, 1.54) is 18.9 Å². The van der Waals surface area contributed by atoms with Crippen molar-refractivity contribution < 1.29 is 13.9 Å². The van der Waals surface area contributed by atoms with Crippen LogP contribution in [0.5, 0.6) is 0 Å². The molecule has 0 spiro atoms. The van der Waals surface area contributed by atoms with E-state index >= 15 is 0 Å². The maximum atomic E-state index is 14.1. The summed E-state index contributed by atoms with van der Waals surface area (Å²) in [6.45, 7) is 11.0. The van der Waals surface area contributed by atoms with E-state index in [1.54, 1.807) is 6.07 Å². The average molecular weight is 359 g/mol. The predicted octanol–water partition coefficient (Wildman–Crippen LogP) is 4.56. The van der Waals surface area contributed by atoms with E-state index in [1.807, 2.05) is 13.0 Å². The summed E-state index contributed by atoms with van der Waals surface area (Å²) in [6, 6.07) is 5.09. The predicted molar refractivity (Wildman–Crippen MR) is 102 cm³/mol. The summed E-state index contributed by atoms with van der Waals surface area (Å²) in [7, 11) is 0. The van der Waals surface area contributed by atoms with Crippen LogP contribution in [0, 0.1) is 29.0 Å². The van der Waals surface area contributed by atoms with Crippen molar-refractivity contribution in [3.63, 3.8) is 0 Å². The fraction of sp³-hybridized carbons (Fsp3) is 0.591. The Balaban J connectivity index is 1.45. The van der Waals surface area contributed by atoms with Crippen LogP contribution in [-0.2, 0) is 16.0 Å². The highest BCUT2D eigenvalue weighted by Gasteiger charge is 2.54. The molecule has 3 aliphatic rings.